The lowest BCUT2D eigenvalue weighted by molar-refractivity contribution is 0.103. The number of ether oxygens (including phenoxy) is 2. The van der Waals surface area contributed by atoms with E-state index in [1.165, 1.54) is 4.57 Å². The molecular formula is C24H21N3O5. The minimum atomic E-state index is -0.672. The molecule has 1 aliphatic carbocycles. The van der Waals surface area contributed by atoms with Crippen molar-refractivity contribution >= 4 is 17.3 Å². The number of fused-ring (bicyclic) bond motifs is 3. The first-order valence-electron chi connectivity index (χ1n) is 10.2. The summed E-state index contributed by atoms with van der Waals surface area (Å²) in [6.45, 7) is 0.524. The Morgan fingerprint density at radius 1 is 1.00 bits per heavy atom. The molecule has 8 heteroatoms. The SMILES string of the molecule is COCCn1c2c(c(=O)[nH]c1=O)C(c1cccc(OC)c1)C1=C(N2)c2ccccc2C1=O. The molecular weight excluding hydrogens is 410 g/mol. The maximum absolute atomic E-state index is 13.5. The number of H-pyrrole nitrogens is 1. The number of aromatic nitrogens is 2. The van der Waals surface area contributed by atoms with Gasteiger partial charge >= 0.3 is 5.69 Å². The molecule has 1 atom stereocenters. The van der Waals surface area contributed by atoms with Crippen LogP contribution >= 0.6 is 0 Å². The molecule has 3 aromatic rings. The van der Waals surface area contributed by atoms with Crippen molar-refractivity contribution in [2.45, 2.75) is 12.5 Å². The number of aromatic amines is 1. The molecule has 2 aliphatic rings. The fourth-order valence-electron chi connectivity index (χ4n) is 4.52. The summed E-state index contributed by atoms with van der Waals surface area (Å²) in [6, 6.07) is 14.6. The van der Waals surface area contributed by atoms with Gasteiger partial charge in [-0.05, 0) is 17.7 Å². The largest absolute Gasteiger partial charge is 0.497 e. The fraction of sp³-hybridized carbons (Fsp3) is 0.208. The first-order chi connectivity index (χ1) is 15.5. The standard InChI is InChI=1S/C24H21N3O5/c1-31-11-10-27-22-19(23(29)26-24(27)30)17(13-6-5-7-14(12-13)32-2)18-20(25-22)15-8-3-4-9-16(15)21(18)28/h3-9,12,17,25H,10-11H2,1-2H3,(H,26,29,30). The number of rotatable bonds is 5. The van der Waals surface area contributed by atoms with Crippen LogP contribution in [0, 0.1) is 0 Å². The van der Waals surface area contributed by atoms with Crippen molar-refractivity contribution in [2.75, 3.05) is 26.1 Å². The zero-order chi connectivity index (χ0) is 22.4. The molecule has 2 aromatic carbocycles. The van der Waals surface area contributed by atoms with Crippen LogP contribution in [0.25, 0.3) is 5.70 Å². The van der Waals surface area contributed by atoms with Gasteiger partial charge in [-0.1, -0.05) is 36.4 Å². The monoisotopic (exact) mass is 431 g/mol. The molecule has 1 unspecified atom stereocenters. The van der Waals surface area contributed by atoms with E-state index < -0.39 is 17.2 Å². The first-order valence-corrected chi connectivity index (χ1v) is 10.2. The van der Waals surface area contributed by atoms with Crippen LogP contribution in [-0.2, 0) is 11.3 Å². The summed E-state index contributed by atoms with van der Waals surface area (Å²) >= 11 is 0. The maximum Gasteiger partial charge on any atom is 0.330 e. The number of benzene rings is 2. The Kier molecular flexibility index (Phi) is 4.79. The van der Waals surface area contributed by atoms with E-state index in [1.807, 2.05) is 36.4 Å². The summed E-state index contributed by atoms with van der Waals surface area (Å²) in [6.07, 6.45) is 0. The average molecular weight is 431 g/mol. The van der Waals surface area contributed by atoms with Gasteiger partial charge in [0.05, 0.1) is 31.5 Å². The summed E-state index contributed by atoms with van der Waals surface area (Å²) in [5, 5.41) is 3.25. The summed E-state index contributed by atoms with van der Waals surface area (Å²) in [5.41, 5.74) is 2.37. The number of nitrogens with zero attached hydrogens (tertiary/aromatic N) is 1. The number of carbonyl (C=O) groups is 1. The van der Waals surface area contributed by atoms with Crippen LogP contribution in [-0.4, -0.2) is 36.2 Å². The average Bonchev–Trinajstić information content (AvgIpc) is 3.09. The highest BCUT2D eigenvalue weighted by atomic mass is 16.5. The van der Waals surface area contributed by atoms with Gasteiger partial charge in [0.15, 0.2) is 5.78 Å². The summed E-state index contributed by atoms with van der Waals surface area (Å²) in [7, 11) is 3.11. The van der Waals surface area contributed by atoms with Crippen molar-refractivity contribution in [2.24, 2.45) is 0 Å². The minimum absolute atomic E-state index is 0.143. The van der Waals surface area contributed by atoms with E-state index in [2.05, 4.69) is 10.3 Å². The van der Waals surface area contributed by atoms with Crippen LogP contribution in [0.5, 0.6) is 5.75 Å². The molecule has 0 amide bonds. The zero-order valence-electron chi connectivity index (χ0n) is 17.6. The van der Waals surface area contributed by atoms with Gasteiger partial charge in [-0.3, -0.25) is 19.1 Å². The number of nitrogens with one attached hydrogen (secondary N) is 2. The summed E-state index contributed by atoms with van der Waals surface area (Å²) in [5.74, 6) is 0.161. The molecule has 1 aromatic heterocycles. The molecule has 0 saturated carbocycles. The predicted molar refractivity (Wildman–Crippen MR) is 119 cm³/mol. The predicted octanol–water partition coefficient (Wildman–Crippen LogP) is 2.36. The van der Waals surface area contributed by atoms with Crippen molar-refractivity contribution in [3.63, 3.8) is 0 Å². The maximum atomic E-state index is 13.5. The van der Waals surface area contributed by atoms with Crippen molar-refractivity contribution in [3.05, 3.63) is 97.2 Å². The van der Waals surface area contributed by atoms with E-state index in [0.29, 0.717) is 34.0 Å². The third kappa shape index (κ3) is 2.91. The molecule has 0 bridgehead atoms. The lowest BCUT2D eigenvalue weighted by Gasteiger charge is -2.29. The van der Waals surface area contributed by atoms with Gasteiger partial charge in [0, 0.05) is 29.7 Å². The van der Waals surface area contributed by atoms with Gasteiger partial charge in [-0.25, -0.2) is 4.79 Å². The van der Waals surface area contributed by atoms with Crippen molar-refractivity contribution in [1.82, 2.24) is 9.55 Å². The Labute approximate surface area is 183 Å². The summed E-state index contributed by atoms with van der Waals surface area (Å²) in [4.78, 5) is 41.7. The van der Waals surface area contributed by atoms with Crippen LogP contribution in [0.2, 0.25) is 0 Å². The molecule has 5 rings (SSSR count). The lowest BCUT2D eigenvalue weighted by Crippen LogP contribution is -2.38. The Bertz CT molecular complexity index is 1400. The van der Waals surface area contributed by atoms with Gasteiger partial charge in [0.25, 0.3) is 5.56 Å². The van der Waals surface area contributed by atoms with Crippen LogP contribution in [0.4, 0.5) is 5.82 Å². The molecule has 0 fully saturated rings. The van der Waals surface area contributed by atoms with Gasteiger partial charge in [-0.15, -0.1) is 0 Å². The number of Topliss-reactive ketones (excluding diaryl/α,β-unsaturated/α-hetero) is 1. The van der Waals surface area contributed by atoms with E-state index in [-0.39, 0.29) is 18.9 Å². The molecule has 1 aliphatic heterocycles. The number of allylic oxidation sites excluding steroid dienone is 1. The molecule has 0 spiro atoms. The van der Waals surface area contributed by atoms with E-state index >= 15 is 0 Å². The second-order valence-corrected chi connectivity index (χ2v) is 7.66. The minimum Gasteiger partial charge on any atom is -0.497 e. The van der Waals surface area contributed by atoms with Crippen LogP contribution < -0.4 is 21.3 Å². The molecule has 8 nitrogen and oxygen atoms in total. The number of hydrogen-bond acceptors (Lipinski definition) is 6. The van der Waals surface area contributed by atoms with Gasteiger partial charge in [0.1, 0.15) is 11.6 Å². The van der Waals surface area contributed by atoms with Crippen LogP contribution in [0.1, 0.15) is 33.0 Å². The second kappa shape index (κ2) is 7.65. The lowest BCUT2D eigenvalue weighted by atomic mass is 9.81. The van der Waals surface area contributed by atoms with Crippen molar-refractivity contribution in [3.8, 4) is 5.75 Å². The number of hydrogen-bond donors (Lipinski definition) is 2. The van der Waals surface area contributed by atoms with Gasteiger partial charge < -0.3 is 14.8 Å². The highest BCUT2D eigenvalue weighted by Crippen LogP contribution is 2.48. The first kappa shape index (κ1) is 20.0. The molecule has 2 heterocycles. The molecule has 162 valence electrons. The zero-order valence-corrected chi connectivity index (χ0v) is 17.6. The van der Waals surface area contributed by atoms with Crippen molar-refractivity contribution < 1.29 is 14.3 Å². The van der Waals surface area contributed by atoms with Gasteiger partial charge in [-0.2, -0.15) is 0 Å². The smallest absolute Gasteiger partial charge is 0.330 e. The van der Waals surface area contributed by atoms with E-state index in [4.69, 9.17) is 9.47 Å². The van der Waals surface area contributed by atoms with E-state index in [1.54, 1.807) is 26.4 Å². The normalized spacial score (nSPS) is 16.3. The number of carbonyl (C=O) groups excluding carboxylic acids is 1. The number of ketones is 1. The van der Waals surface area contributed by atoms with E-state index in [9.17, 15) is 14.4 Å². The quantitative estimate of drug-likeness (QED) is 0.643. The Hall–Kier alpha value is -3.91. The Balaban J connectivity index is 1.83. The number of anilines is 1. The molecule has 0 saturated heterocycles. The van der Waals surface area contributed by atoms with Crippen molar-refractivity contribution in [1.29, 1.82) is 0 Å². The number of methoxy groups -OCH3 is 2. The molecule has 32 heavy (non-hydrogen) atoms. The van der Waals surface area contributed by atoms with Crippen LogP contribution in [0.15, 0.2) is 63.7 Å². The third-order valence-electron chi connectivity index (χ3n) is 5.96. The fourth-order valence-corrected chi connectivity index (χ4v) is 4.52. The summed E-state index contributed by atoms with van der Waals surface area (Å²) < 4.78 is 12.0. The Morgan fingerprint density at radius 3 is 2.53 bits per heavy atom. The Morgan fingerprint density at radius 2 is 1.78 bits per heavy atom. The highest BCUT2D eigenvalue weighted by Gasteiger charge is 2.42. The topological polar surface area (TPSA) is 102 Å². The van der Waals surface area contributed by atoms with Crippen LogP contribution in [0.3, 0.4) is 0 Å². The molecule has 2 N–H and O–H groups in total. The highest BCUT2D eigenvalue weighted by molar-refractivity contribution is 6.23. The third-order valence-corrected chi connectivity index (χ3v) is 5.96. The second-order valence-electron chi connectivity index (χ2n) is 7.66. The molecule has 0 radical (unpaired) electrons. The van der Waals surface area contributed by atoms with Gasteiger partial charge in [0.2, 0.25) is 0 Å². The van der Waals surface area contributed by atoms with E-state index in [0.717, 1.165) is 11.1 Å².